The lowest BCUT2D eigenvalue weighted by atomic mass is 10.2. The Morgan fingerprint density at radius 3 is 2.87 bits per heavy atom. The monoisotopic (exact) mass is 332 g/mol. The molecule has 0 saturated carbocycles. The summed E-state index contributed by atoms with van der Waals surface area (Å²) in [6.07, 6.45) is 6.21. The molecule has 3 rings (SSSR count). The molecule has 0 amide bonds. The van der Waals surface area contributed by atoms with Gasteiger partial charge >= 0.3 is 5.69 Å². The molecule has 0 N–H and O–H groups in total. The Hall–Kier alpha value is -2.99. The Morgan fingerprint density at radius 1 is 1.43 bits per heavy atom. The zero-order valence-corrected chi connectivity index (χ0v) is 12.6. The normalized spacial score (nSPS) is 10.8. The van der Waals surface area contributed by atoms with Crippen molar-refractivity contribution in [1.29, 1.82) is 0 Å². The highest BCUT2D eigenvalue weighted by atomic mass is 32.1. The van der Waals surface area contributed by atoms with Gasteiger partial charge in [-0.15, -0.1) is 6.42 Å². The molecule has 9 heteroatoms. The van der Waals surface area contributed by atoms with E-state index in [9.17, 15) is 14.0 Å². The standard InChI is InChI=1S/C14H9FN4O3S/c1-3-4-18-10-6-9(8(15)5-11(10)22-14(18)23)19-13(21)17(2)12(20)7-16-19/h1,5-7H,4H2,2H3. The van der Waals surface area contributed by atoms with Crippen LogP contribution in [-0.2, 0) is 13.6 Å². The number of rotatable bonds is 2. The van der Waals surface area contributed by atoms with Gasteiger partial charge in [0.15, 0.2) is 11.4 Å². The van der Waals surface area contributed by atoms with Crippen molar-refractivity contribution >= 4 is 23.3 Å². The Bertz CT molecular complexity index is 1150. The van der Waals surface area contributed by atoms with Crippen molar-refractivity contribution in [3.05, 3.63) is 49.8 Å². The third-order valence-electron chi connectivity index (χ3n) is 3.30. The Kier molecular flexibility index (Phi) is 3.46. The molecule has 0 fully saturated rings. The van der Waals surface area contributed by atoms with Crippen LogP contribution in [0.2, 0.25) is 0 Å². The molecule has 0 unspecified atom stereocenters. The first-order valence-electron chi connectivity index (χ1n) is 6.36. The predicted molar refractivity (Wildman–Crippen MR) is 82.5 cm³/mol. The number of nitrogens with zero attached hydrogens (tertiary/aromatic N) is 4. The van der Waals surface area contributed by atoms with Crippen LogP contribution in [0.25, 0.3) is 16.8 Å². The predicted octanol–water partition coefficient (Wildman–Crippen LogP) is 0.981. The summed E-state index contributed by atoms with van der Waals surface area (Å²) in [5.41, 5.74) is -0.886. The van der Waals surface area contributed by atoms with Gasteiger partial charge in [0.25, 0.3) is 10.4 Å². The van der Waals surface area contributed by atoms with Gasteiger partial charge in [-0.1, -0.05) is 5.92 Å². The quantitative estimate of drug-likeness (QED) is 0.517. The molecule has 7 nitrogen and oxygen atoms in total. The minimum Gasteiger partial charge on any atom is -0.429 e. The van der Waals surface area contributed by atoms with Crippen LogP contribution in [0, 0.1) is 23.0 Å². The van der Waals surface area contributed by atoms with Gasteiger partial charge in [0.05, 0.1) is 12.1 Å². The first-order chi connectivity index (χ1) is 10.9. The van der Waals surface area contributed by atoms with Gasteiger partial charge in [-0.25, -0.2) is 9.18 Å². The number of hydrogen-bond donors (Lipinski definition) is 0. The van der Waals surface area contributed by atoms with Crippen LogP contribution >= 0.6 is 12.2 Å². The molecule has 0 atom stereocenters. The fourth-order valence-electron chi connectivity index (χ4n) is 2.12. The molecule has 116 valence electrons. The van der Waals surface area contributed by atoms with E-state index in [1.54, 1.807) is 0 Å². The zero-order valence-electron chi connectivity index (χ0n) is 11.8. The van der Waals surface area contributed by atoms with Gasteiger partial charge < -0.3 is 4.42 Å². The molecule has 0 aliphatic rings. The lowest BCUT2D eigenvalue weighted by Crippen LogP contribution is -2.38. The summed E-state index contributed by atoms with van der Waals surface area (Å²) in [6, 6.07) is 2.44. The van der Waals surface area contributed by atoms with E-state index in [0.717, 1.165) is 21.5 Å². The second kappa shape index (κ2) is 5.33. The van der Waals surface area contributed by atoms with Crippen molar-refractivity contribution in [2.75, 3.05) is 0 Å². The summed E-state index contributed by atoms with van der Waals surface area (Å²) in [5.74, 6) is 1.67. The third kappa shape index (κ3) is 2.29. The highest BCUT2D eigenvalue weighted by Gasteiger charge is 2.15. The van der Waals surface area contributed by atoms with E-state index in [-0.39, 0.29) is 22.7 Å². The number of terminal acetylenes is 1. The molecular weight excluding hydrogens is 323 g/mol. The smallest absolute Gasteiger partial charge is 0.352 e. The molecule has 23 heavy (non-hydrogen) atoms. The van der Waals surface area contributed by atoms with Gasteiger partial charge in [-0.2, -0.15) is 9.78 Å². The molecule has 0 radical (unpaired) electrons. The van der Waals surface area contributed by atoms with Crippen molar-refractivity contribution in [2.45, 2.75) is 6.54 Å². The fraction of sp³-hybridized carbons (Fsp3) is 0.143. The lowest BCUT2D eigenvalue weighted by molar-refractivity contribution is 0.547. The number of fused-ring (bicyclic) bond motifs is 1. The van der Waals surface area contributed by atoms with Gasteiger partial charge in [0, 0.05) is 13.1 Å². The zero-order chi connectivity index (χ0) is 16.7. The minimum atomic E-state index is -0.777. The first-order valence-corrected chi connectivity index (χ1v) is 6.77. The van der Waals surface area contributed by atoms with Gasteiger partial charge in [0.1, 0.15) is 11.9 Å². The number of oxazole rings is 1. The highest BCUT2D eigenvalue weighted by Crippen LogP contribution is 2.23. The van der Waals surface area contributed by atoms with Gasteiger partial charge in [-0.3, -0.25) is 13.9 Å². The fourth-order valence-corrected chi connectivity index (χ4v) is 2.37. The van der Waals surface area contributed by atoms with Crippen molar-refractivity contribution in [2.24, 2.45) is 7.05 Å². The molecule has 0 aliphatic heterocycles. The van der Waals surface area contributed by atoms with Crippen LogP contribution in [0.1, 0.15) is 0 Å². The largest absolute Gasteiger partial charge is 0.429 e. The first kappa shape index (κ1) is 14.9. The second-order valence-corrected chi connectivity index (χ2v) is 5.02. The number of benzene rings is 1. The summed E-state index contributed by atoms with van der Waals surface area (Å²) in [5, 5.41) is 3.68. The van der Waals surface area contributed by atoms with Crippen molar-refractivity contribution < 1.29 is 8.81 Å². The molecular formula is C14H9FN4O3S. The minimum absolute atomic E-state index is 0.0928. The molecule has 0 bridgehead atoms. The van der Waals surface area contributed by atoms with Crippen LogP contribution < -0.4 is 11.2 Å². The van der Waals surface area contributed by atoms with E-state index < -0.39 is 17.1 Å². The number of halogens is 1. The summed E-state index contributed by atoms with van der Waals surface area (Å²) < 4.78 is 22.7. The number of hydrogen-bond acceptors (Lipinski definition) is 5. The highest BCUT2D eigenvalue weighted by molar-refractivity contribution is 7.71. The molecule has 2 heterocycles. The summed E-state index contributed by atoms with van der Waals surface area (Å²) >= 11 is 5.03. The average molecular weight is 332 g/mol. The van der Waals surface area contributed by atoms with Crippen LogP contribution in [0.3, 0.4) is 0 Å². The van der Waals surface area contributed by atoms with E-state index >= 15 is 0 Å². The number of aromatic nitrogens is 4. The Labute approximate surface area is 133 Å². The average Bonchev–Trinajstić information content (AvgIpc) is 2.80. The summed E-state index contributed by atoms with van der Waals surface area (Å²) in [4.78, 5) is 23.6. The van der Waals surface area contributed by atoms with E-state index in [1.165, 1.54) is 17.7 Å². The molecule has 2 aromatic heterocycles. The maximum absolute atomic E-state index is 14.3. The van der Waals surface area contributed by atoms with E-state index in [4.69, 9.17) is 23.1 Å². The molecule has 1 aromatic carbocycles. The Balaban J connectivity index is 2.37. The van der Waals surface area contributed by atoms with Gasteiger partial charge in [-0.05, 0) is 18.3 Å². The summed E-state index contributed by atoms with van der Waals surface area (Å²) in [7, 11) is 1.27. The molecule has 0 aliphatic carbocycles. The molecule has 3 aromatic rings. The van der Waals surface area contributed by atoms with Crippen LogP contribution in [-0.4, -0.2) is 18.9 Å². The van der Waals surface area contributed by atoms with E-state index in [1.807, 2.05) is 0 Å². The van der Waals surface area contributed by atoms with Gasteiger partial charge in [0.2, 0.25) is 0 Å². The lowest BCUT2D eigenvalue weighted by Gasteiger charge is -2.07. The van der Waals surface area contributed by atoms with Crippen LogP contribution in [0.5, 0.6) is 0 Å². The summed E-state index contributed by atoms with van der Waals surface area (Å²) in [6.45, 7) is 0.131. The third-order valence-corrected chi connectivity index (χ3v) is 3.60. The molecule has 0 saturated heterocycles. The van der Waals surface area contributed by atoms with E-state index in [2.05, 4.69) is 11.0 Å². The van der Waals surface area contributed by atoms with Crippen LogP contribution in [0.4, 0.5) is 4.39 Å². The van der Waals surface area contributed by atoms with Crippen molar-refractivity contribution in [3.63, 3.8) is 0 Å². The topological polar surface area (TPSA) is 75.0 Å². The second-order valence-electron chi connectivity index (χ2n) is 4.67. The maximum Gasteiger partial charge on any atom is 0.352 e. The molecule has 0 spiro atoms. The van der Waals surface area contributed by atoms with E-state index in [0.29, 0.717) is 5.52 Å². The Morgan fingerprint density at radius 2 is 2.17 bits per heavy atom. The maximum atomic E-state index is 14.3. The van der Waals surface area contributed by atoms with Crippen molar-refractivity contribution in [1.82, 2.24) is 18.9 Å². The SMILES string of the molecule is C#CCn1c(=S)oc2cc(F)c(-n3ncc(=O)n(C)c3=O)cc21. The van der Waals surface area contributed by atoms with Crippen LogP contribution in [0.15, 0.2) is 32.3 Å². The van der Waals surface area contributed by atoms with Crippen molar-refractivity contribution in [3.8, 4) is 18.0 Å².